The molecule has 1 amide bonds. The van der Waals surface area contributed by atoms with Gasteiger partial charge in [-0.3, -0.25) is 4.98 Å². The summed E-state index contributed by atoms with van der Waals surface area (Å²) in [6.45, 7) is 9.11. The molecule has 1 fully saturated rings. The maximum Gasteiger partial charge on any atom is 0.410 e. The van der Waals surface area contributed by atoms with E-state index in [0.717, 1.165) is 37.9 Å². The van der Waals surface area contributed by atoms with E-state index >= 15 is 0 Å². The lowest BCUT2D eigenvalue weighted by Crippen LogP contribution is -2.46. The molecule has 5 heteroatoms. The molecule has 0 aromatic carbocycles. The molecule has 0 saturated carbocycles. The molecule has 2 atom stereocenters. The van der Waals surface area contributed by atoms with Crippen molar-refractivity contribution in [2.24, 2.45) is 0 Å². The standard InChI is InChI=1S/C19H30N2O3/c1-15(17-10-5-7-12-20-17)23-14-11-16-9-6-8-13-21(16)18(22)24-19(2,3)4/h5,7,10,12,15-16H,6,8-9,11,13-14H2,1-4H3/t15-,16-/m0/s1. The second-order valence-electron chi connectivity index (χ2n) is 7.38. The fraction of sp³-hybridized carbons (Fsp3) is 0.684. The Morgan fingerprint density at radius 2 is 2.17 bits per heavy atom. The van der Waals surface area contributed by atoms with Crippen LogP contribution in [0, 0.1) is 0 Å². The maximum absolute atomic E-state index is 12.4. The van der Waals surface area contributed by atoms with Crippen molar-refractivity contribution < 1.29 is 14.3 Å². The van der Waals surface area contributed by atoms with E-state index in [0.29, 0.717) is 6.61 Å². The van der Waals surface area contributed by atoms with Crippen molar-refractivity contribution >= 4 is 6.09 Å². The average Bonchev–Trinajstić information content (AvgIpc) is 2.54. The lowest BCUT2D eigenvalue weighted by molar-refractivity contribution is -0.000603. The van der Waals surface area contributed by atoms with Crippen molar-refractivity contribution in [3.05, 3.63) is 30.1 Å². The van der Waals surface area contributed by atoms with E-state index in [1.165, 1.54) is 0 Å². The molecule has 1 aromatic heterocycles. The summed E-state index contributed by atoms with van der Waals surface area (Å²) in [5.41, 5.74) is 0.480. The number of aromatic nitrogens is 1. The zero-order valence-corrected chi connectivity index (χ0v) is 15.3. The summed E-state index contributed by atoms with van der Waals surface area (Å²) in [6.07, 6.45) is 5.58. The molecule has 0 spiro atoms. The van der Waals surface area contributed by atoms with Gasteiger partial charge in [0.25, 0.3) is 0 Å². The van der Waals surface area contributed by atoms with E-state index in [1.54, 1.807) is 6.20 Å². The van der Waals surface area contributed by atoms with Crippen molar-refractivity contribution in [3.8, 4) is 0 Å². The normalized spacial score (nSPS) is 19.8. The van der Waals surface area contributed by atoms with Gasteiger partial charge in [0, 0.05) is 25.4 Å². The van der Waals surface area contributed by atoms with Crippen LogP contribution >= 0.6 is 0 Å². The van der Waals surface area contributed by atoms with Gasteiger partial charge >= 0.3 is 6.09 Å². The molecular weight excluding hydrogens is 304 g/mol. The quantitative estimate of drug-likeness (QED) is 0.804. The molecule has 1 aliphatic heterocycles. The number of amides is 1. The van der Waals surface area contributed by atoms with Crippen molar-refractivity contribution in [1.29, 1.82) is 0 Å². The topological polar surface area (TPSA) is 51.7 Å². The summed E-state index contributed by atoms with van der Waals surface area (Å²) in [4.78, 5) is 18.6. The van der Waals surface area contributed by atoms with E-state index in [9.17, 15) is 4.79 Å². The van der Waals surface area contributed by atoms with Gasteiger partial charge in [0.05, 0.1) is 11.8 Å². The Balaban J connectivity index is 1.84. The third-order valence-electron chi connectivity index (χ3n) is 4.18. The fourth-order valence-corrected chi connectivity index (χ4v) is 2.94. The van der Waals surface area contributed by atoms with Gasteiger partial charge in [0.1, 0.15) is 5.60 Å². The monoisotopic (exact) mass is 334 g/mol. The van der Waals surface area contributed by atoms with Crippen LogP contribution in [0.25, 0.3) is 0 Å². The predicted molar refractivity (Wildman–Crippen MR) is 93.8 cm³/mol. The highest BCUT2D eigenvalue weighted by molar-refractivity contribution is 5.68. The molecule has 0 radical (unpaired) electrons. The SMILES string of the molecule is C[C@H](OCC[C@@H]1CCCCN1C(=O)OC(C)(C)C)c1ccccn1. The summed E-state index contributed by atoms with van der Waals surface area (Å²) in [5.74, 6) is 0. The highest BCUT2D eigenvalue weighted by Crippen LogP contribution is 2.23. The molecule has 0 aliphatic carbocycles. The first kappa shape index (κ1) is 18.7. The van der Waals surface area contributed by atoms with Crippen molar-refractivity contribution in [2.45, 2.75) is 71.1 Å². The van der Waals surface area contributed by atoms with E-state index in [4.69, 9.17) is 9.47 Å². The van der Waals surface area contributed by atoms with Crippen molar-refractivity contribution in [2.75, 3.05) is 13.2 Å². The Hall–Kier alpha value is -1.62. The van der Waals surface area contributed by atoms with Gasteiger partial charge in [0.2, 0.25) is 0 Å². The van der Waals surface area contributed by atoms with Crippen LogP contribution in [-0.2, 0) is 9.47 Å². The minimum atomic E-state index is -0.455. The molecule has 2 rings (SSSR count). The minimum absolute atomic E-state index is 0.0373. The van der Waals surface area contributed by atoms with Crippen LogP contribution in [0.2, 0.25) is 0 Å². The van der Waals surface area contributed by atoms with Gasteiger partial charge in [0.15, 0.2) is 0 Å². The molecule has 24 heavy (non-hydrogen) atoms. The Kier molecular flexibility index (Phi) is 6.60. The van der Waals surface area contributed by atoms with Crippen LogP contribution in [0.4, 0.5) is 4.79 Å². The molecule has 1 saturated heterocycles. The van der Waals surface area contributed by atoms with Gasteiger partial charge in [-0.1, -0.05) is 6.07 Å². The Bertz CT molecular complexity index is 513. The van der Waals surface area contributed by atoms with E-state index < -0.39 is 5.60 Å². The number of carbonyl (C=O) groups is 1. The number of hydrogen-bond donors (Lipinski definition) is 0. The van der Waals surface area contributed by atoms with E-state index in [2.05, 4.69) is 4.98 Å². The molecule has 134 valence electrons. The summed E-state index contributed by atoms with van der Waals surface area (Å²) < 4.78 is 11.5. The van der Waals surface area contributed by atoms with Crippen LogP contribution in [0.15, 0.2) is 24.4 Å². The first-order valence-corrected chi connectivity index (χ1v) is 8.89. The molecule has 0 unspecified atom stereocenters. The van der Waals surface area contributed by atoms with Crippen LogP contribution in [0.1, 0.15) is 65.2 Å². The predicted octanol–water partition coefficient (Wildman–Crippen LogP) is 4.34. The van der Waals surface area contributed by atoms with Crippen LogP contribution in [0.3, 0.4) is 0 Å². The molecule has 5 nitrogen and oxygen atoms in total. The van der Waals surface area contributed by atoms with Crippen molar-refractivity contribution in [3.63, 3.8) is 0 Å². The third-order valence-corrected chi connectivity index (χ3v) is 4.18. The molecule has 1 aliphatic rings. The van der Waals surface area contributed by atoms with E-state index in [1.807, 2.05) is 50.8 Å². The number of likely N-dealkylation sites (tertiary alicyclic amines) is 1. The Labute approximate surface area is 145 Å². The molecule has 0 bridgehead atoms. The van der Waals surface area contributed by atoms with Crippen LogP contribution in [0.5, 0.6) is 0 Å². The van der Waals surface area contributed by atoms with Gasteiger partial charge in [-0.15, -0.1) is 0 Å². The second kappa shape index (κ2) is 8.47. The average molecular weight is 334 g/mol. The lowest BCUT2D eigenvalue weighted by Gasteiger charge is -2.37. The fourth-order valence-electron chi connectivity index (χ4n) is 2.94. The van der Waals surface area contributed by atoms with Crippen molar-refractivity contribution in [1.82, 2.24) is 9.88 Å². The number of piperidine rings is 1. The summed E-state index contributed by atoms with van der Waals surface area (Å²) in [5, 5.41) is 0. The Morgan fingerprint density at radius 3 is 2.83 bits per heavy atom. The summed E-state index contributed by atoms with van der Waals surface area (Å²) >= 11 is 0. The number of pyridine rings is 1. The first-order chi connectivity index (χ1) is 11.4. The number of hydrogen-bond acceptors (Lipinski definition) is 4. The zero-order valence-electron chi connectivity index (χ0n) is 15.3. The van der Waals surface area contributed by atoms with Crippen LogP contribution in [-0.4, -0.2) is 40.8 Å². The highest BCUT2D eigenvalue weighted by atomic mass is 16.6. The number of carbonyl (C=O) groups excluding carboxylic acids is 1. The van der Waals surface area contributed by atoms with Gasteiger partial charge < -0.3 is 14.4 Å². The number of ether oxygens (including phenoxy) is 2. The molecule has 0 N–H and O–H groups in total. The minimum Gasteiger partial charge on any atom is -0.444 e. The summed E-state index contributed by atoms with van der Waals surface area (Å²) in [7, 11) is 0. The highest BCUT2D eigenvalue weighted by Gasteiger charge is 2.30. The maximum atomic E-state index is 12.4. The van der Waals surface area contributed by atoms with Gasteiger partial charge in [-0.05, 0) is 65.5 Å². The smallest absolute Gasteiger partial charge is 0.410 e. The largest absolute Gasteiger partial charge is 0.444 e. The van der Waals surface area contributed by atoms with Crippen LogP contribution < -0.4 is 0 Å². The third kappa shape index (κ3) is 5.78. The summed E-state index contributed by atoms with van der Waals surface area (Å²) in [6, 6.07) is 6.03. The van der Waals surface area contributed by atoms with E-state index in [-0.39, 0.29) is 18.2 Å². The second-order valence-corrected chi connectivity index (χ2v) is 7.38. The van der Waals surface area contributed by atoms with Gasteiger partial charge in [-0.2, -0.15) is 0 Å². The molecule has 2 heterocycles. The molecule has 1 aromatic rings. The van der Waals surface area contributed by atoms with Gasteiger partial charge in [-0.25, -0.2) is 4.79 Å². The Morgan fingerprint density at radius 1 is 1.38 bits per heavy atom. The molecular formula is C19H30N2O3. The lowest BCUT2D eigenvalue weighted by atomic mass is 10.0. The number of rotatable bonds is 5. The zero-order chi connectivity index (χ0) is 17.6. The first-order valence-electron chi connectivity index (χ1n) is 8.89. The number of nitrogens with zero attached hydrogens (tertiary/aromatic N) is 2.